The Bertz CT molecular complexity index is 1270. The van der Waals surface area contributed by atoms with Gasteiger partial charge in [-0.25, -0.2) is 9.59 Å². The predicted octanol–water partition coefficient (Wildman–Crippen LogP) is 3.97. The van der Waals surface area contributed by atoms with E-state index in [0.29, 0.717) is 17.2 Å². The minimum absolute atomic E-state index is 0.126. The molecule has 3 rings (SSSR count). The molecule has 0 spiro atoms. The summed E-state index contributed by atoms with van der Waals surface area (Å²) in [5.41, 5.74) is 0.877. The van der Waals surface area contributed by atoms with Crippen molar-refractivity contribution in [3.05, 3.63) is 88.5 Å². The fourth-order valence-corrected chi connectivity index (χ4v) is 3.21. The van der Waals surface area contributed by atoms with Gasteiger partial charge in [-0.2, -0.15) is 0 Å². The van der Waals surface area contributed by atoms with Gasteiger partial charge in [-0.15, -0.1) is 0 Å². The highest BCUT2D eigenvalue weighted by molar-refractivity contribution is 6.15. The zero-order chi connectivity index (χ0) is 25.5. The number of anilines is 1. The van der Waals surface area contributed by atoms with Crippen LogP contribution in [0.15, 0.2) is 60.7 Å². The third-order valence-corrected chi connectivity index (χ3v) is 5.05. The van der Waals surface area contributed by atoms with Crippen LogP contribution >= 0.6 is 0 Å². The van der Waals surface area contributed by atoms with Gasteiger partial charge in [0.05, 0.1) is 36.5 Å². The molecule has 3 aromatic rings. The molecule has 0 bridgehead atoms. The molecule has 9 nitrogen and oxygen atoms in total. The zero-order valence-electron chi connectivity index (χ0n) is 19.6. The monoisotopic (exact) mass is 476 g/mol. The van der Waals surface area contributed by atoms with Crippen molar-refractivity contribution in [2.75, 3.05) is 26.6 Å². The van der Waals surface area contributed by atoms with Gasteiger partial charge >= 0.3 is 11.9 Å². The Kier molecular flexibility index (Phi) is 7.83. The van der Waals surface area contributed by atoms with Crippen LogP contribution < -0.4 is 15.4 Å². The third-order valence-electron chi connectivity index (χ3n) is 5.05. The van der Waals surface area contributed by atoms with Gasteiger partial charge in [0.15, 0.2) is 0 Å². The Labute approximate surface area is 202 Å². The van der Waals surface area contributed by atoms with Crippen LogP contribution in [0, 0.1) is 6.92 Å². The molecule has 0 aliphatic rings. The SMILES string of the molecule is CNC(=O)c1cc(C(=O)Nc2ccc(Oc3ccc(C)cc3)cc2)c(C(=O)OC)cc1C(=O)OC. The molecule has 35 heavy (non-hydrogen) atoms. The highest BCUT2D eigenvalue weighted by atomic mass is 16.5. The lowest BCUT2D eigenvalue weighted by atomic mass is 9.96. The third kappa shape index (κ3) is 5.83. The molecule has 0 unspecified atom stereocenters. The maximum Gasteiger partial charge on any atom is 0.338 e. The molecule has 0 atom stereocenters. The maximum absolute atomic E-state index is 13.1. The molecular formula is C26H24N2O7. The average molecular weight is 476 g/mol. The number of ether oxygens (including phenoxy) is 3. The van der Waals surface area contributed by atoms with Gasteiger partial charge in [0, 0.05) is 12.7 Å². The number of hydrogen-bond donors (Lipinski definition) is 2. The summed E-state index contributed by atoms with van der Waals surface area (Å²) in [6, 6.07) is 16.4. The molecule has 2 N–H and O–H groups in total. The average Bonchev–Trinajstić information content (AvgIpc) is 2.88. The standard InChI is InChI=1S/C26H24N2O7/c1-15-5-9-17(10-6-15)35-18-11-7-16(8-12-18)28-24(30)20-13-19(23(29)27-2)21(25(31)33-3)14-22(20)26(32)34-4/h5-14H,1-4H3,(H,27,29)(H,28,30). The first kappa shape index (κ1) is 25.0. The second kappa shape index (κ2) is 11.0. The molecule has 9 heteroatoms. The fourth-order valence-electron chi connectivity index (χ4n) is 3.21. The van der Waals surface area contributed by atoms with E-state index in [0.717, 1.165) is 31.9 Å². The van der Waals surface area contributed by atoms with E-state index < -0.39 is 23.8 Å². The van der Waals surface area contributed by atoms with Crippen LogP contribution in [-0.4, -0.2) is 45.0 Å². The number of aryl methyl sites for hydroxylation is 1. The molecule has 180 valence electrons. The topological polar surface area (TPSA) is 120 Å². The number of benzene rings is 3. The van der Waals surface area contributed by atoms with Gasteiger partial charge in [-0.3, -0.25) is 9.59 Å². The van der Waals surface area contributed by atoms with Crippen molar-refractivity contribution in [2.24, 2.45) is 0 Å². The van der Waals surface area contributed by atoms with E-state index in [2.05, 4.69) is 10.6 Å². The van der Waals surface area contributed by atoms with Crippen molar-refractivity contribution in [1.82, 2.24) is 5.32 Å². The molecule has 0 fully saturated rings. The minimum Gasteiger partial charge on any atom is -0.465 e. The fraction of sp³-hybridized carbons (Fsp3) is 0.154. The van der Waals surface area contributed by atoms with Crippen molar-refractivity contribution >= 4 is 29.4 Å². The summed E-state index contributed by atoms with van der Waals surface area (Å²) in [6.45, 7) is 1.98. The van der Waals surface area contributed by atoms with E-state index in [-0.39, 0.29) is 22.3 Å². The number of amides is 2. The molecular weight excluding hydrogens is 452 g/mol. The predicted molar refractivity (Wildman–Crippen MR) is 128 cm³/mol. The molecule has 0 aromatic heterocycles. The number of esters is 2. The van der Waals surface area contributed by atoms with Gasteiger partial charge in [0.1, 0.15) is 11.5 Å². The summed E-state index contributed by atoms with van der Waals surface area (Å²) < 4.78 is 15.3. The van der Waals surface area contributed by atoms with Crippen molar-refractivity contribution in [2.45, 2.75) is 6.92 Å². The van der Waals surface area contributed by atoms with Crippen LogP contribution in [0.5, 0.6) is 11.5 Å². The van der Waals surface area contributed by atoms with E-state index in [1.807, 2.05) is 31.2 Å². The van der Waals surface area contributed by atoms with Gasteiger partial charge in [0.25, 0.3) is 11.8 Å². The van der Waals surface area contributed by atoms with Gasteiger partial charge in [0.2, 0.25) is 0 Å². The minimum atomic E-state index is -0.856. The smallest absolute Gasteiger partial charge is 0.338 e. The normalized spacial score (nSPS) is 10.2. The quantitative estimate of drug-likeness (QED) is 0.495. The Morgan fingerprint density at radius 1 is 0.657 bits per heavy atom. The van der Waals surface area contributed by atoms with E-state index >= 15 is 0 Å². The summed E-state index contributed by atoms with van der Waals surface area (Å²) in [5, 5.41) is 5.07. The molecule has 0 radical (unpaired) electrons. The molecule has 2 amide bonds. The molecule has 0 saturated heterocycles. The molecule has 3 aromatic carbocycles. The van der Waals surface area contributed by atoms with Gasteiger partial charge in [-0.05, 0) is 55.5 Å². The van der Waals surface area contributed by atoms with Gasteiger partial charge in [-0.1, -0.05) is 17.7 Å². The lowest BCUT2D eigenvalue weighted by Gasteiger charge is -2.14. The van der Waals surface area contributed by atoms with Crippen LogP contribution in [0.4, 0.5) is 5.69 Å². The van der Waals surface area contributed by atoms with E-state index in [4.69, 9.17) is 14.2 Å². The van der Waals surface area contributed by atoms with Gasteiger partial charge < -0.3 is 24.8 Å². The van der Waals surface area contributed by atoms with E-state index in [1.54, 1.807) is 24.3 Å². The molecule has 0 aliphatic heterocycles. The number of hydrogen-bond acceptors (Lipinski definition) is 7. The maximum atomic E-state index is 13.1. The summed E-state index contributed by atoms with van der Waals surface area (Å²) in [6.07, 6.45) is 0. The first-order valence-corrected chi connectivity index (χ1v) is 10.5. The van der Waals surface area contributed by atoms with Crippen LogP contribution in [0.1, 0.15) is 47.0 Å². The Morgan fingerprint density at radius 2 is 1.11 bits per heavy atom. The summed E-state index contributed by atoms with van der Waals surface area (Å²) in [7, 11) is 3.65. The number of rotatable bonds is 7. The van der Waals surface area contributed by atoms with Crippen LogP contribution in [0.25, 0.3) is 0 Å². The first-order valence-electron chi connectivity index (χ1n) is 10.5. The highest BCUT2D eigenvalue weighted by Gasteiger charge is 2.26. The zero-order valence-corrected chi connectivity index (χ0v) is 19.6. The Hall–Kier alpha value is -4.66. The lowest BCUT2D eigenvalue weighted by Crippen LogP contribution is -2.25. The second-order valence-corrected chi connectivity index (χ2v) is 7.40. The molecule has 0 saturated carbocycles. The van der Waals surface area contributed by atoms with Crippen LogP contribution in [0.2, 0.25) is 0 Å². The van der Waals surface area contributed by atoms with Crippen molar-refractivity contribution in [3.8, 4) is 11.5 Å². The molecule has 0 aliphatic carbocycles. The van der Waals surface area contributed by atoms with Crippen LogP contribution in [-0.2, 0) is 9.47 Å². The highest BCUT2D eigenvalue weighted by Crippen LogP contribution is 2.25. The first-order chi connectivity index (χ1) is 16.8. The number of nitrogens with one attached hydrogen (secondary N) is 2. The van der Waals surface area contributed by atoms with Crippen molar-refractivity contribution in [3.63, 3.8) is 0 Å². The Morgan fingerprint density at radius 3 is 1.60 bits per heavy atom. The number of carbonyl (C=O) groups excluding carboxylic acids is 4. The second-order valence-electron chi connectivity index (χ2n) is 7.40. The van der Waals surface area contributed by atoms with Crippen LogP contribution in [0.3, 0.4) is 0 Å². The van der Waals surface area contributed by atoms with E-state index in [1.165, 1.54) is 7.05 Å². The Balaban J connectivity index is 1.90. The number of carbonyl (C=O) groups is 4. The molecule has 0 heterocycles. The van der Waals surface area contributed by atoms with Crippen molar-refractivity contribution < 1.29 is 33.4 Å². The summed E-state index contributed by atoms with van der Waals surface area (Å²) >= 11 is 0. The largest absolute Gasteiger partial charge is 0.465 e. The number of methoxy groups -OCH3 is 2. The lowest BCUT2D eigenvalue weighted by molar-refractivity contribution is 0.0592. The summed E-state index contributed by atoms with van der Waals surface area (Å²) in [4.78, 5) is 50.0. The van der Waals surface area contributed by atoms with Crippen molar-refractivity contribution in [1.29, 1.82) is 0 Å². The van der Waals surface area contributed by atoms with E-state index in [9.17, 15) is 19.2 Å². The summed E-state index contributed by atoms with van der Waals surface area (Å²) in [5.74, 6) is -1.78.